The number of anilines is 2. The van der Waals surface area contributed by atoms with E-state index >= 15 is 0 Å². The first-order valence-corrected chi connectivity index (χ1v) is 5.66. The van der Waals surface area contributed by atoms with Gasteiger partial charge in [-0.15, -0.1) is 0 Å². The lowest BCUT2D eigenvalue weighted by Crippen LogP contribution is -2.14. The van der Waals surface area contributed by atoms with Gasteiger partial charge in [-0.2, -0.15) is 0 Å². The van der Waals surface area contributed by atoms with Gasteiger partial charge in [-0.3, -0.25) is 4.79 Å². The van der Waals surface area contributed by atoms with Gasteiger partial charge in [0, 0.05) is 6.20 Å². The van der Waals surface area contributed by atoms with Crippen LogP contribution in [0.2, 0.25) is 10.3 Å². The Kier molecular flexibility index (Phi) is 3.64. The van der Waals surface area contributed by atoms with E-state index in [1.807, 2.05) is 0 Å². The SMILES string of the molecule is Nc1cnc(Cl)c(C(=O)Nc2cccnc2Cl)c1. The minimum Gasteiger partial charge on any atom is -0.397 e. The van der Waals surface area contributed by atoms with Crippen LogP contribution in [0.15, 0.2) is 30.6 Å². The van der Waals surface area contributed by atoms with Crippen LogP contribution < -0.4 is 11.1 Å². The number of aromatic nitrogens is 2. The van der Waals surface area contributed by atoms with Crippen molar-refractivity contribution in [1.82, 2.24) is 9.97 Å². The van der Waals surface area contributed by atoms with Crippen LogP contribution >= 0.6 is 23.2 Å². The van der Waals surface area contributed by atoms with Crippen LogP contribution in [0.25, 0.3) is 0 Å². The predicted octanol–water partition coefficient (Wildman–Crippen LogP) is 2.62. The van der Waals surface area contributed by atoms with E-state index in [2.05, 4.69) is 15.3 Å². The molecule has 0 spiro atoms. The zero-order valence-corrected chi connectivity index (χ0v) is 10.5. The fourth-order valence-electron chi connectivity index (χ4n) is 1.29. The number of carbonyl (C=O) groups excluding carboxylic acids is 1. The molecule has 3 N–H and O–H groups in total. The highest BCUT2D eigenvalue weighted by atomic mass is 35.5. The first-order chi connectivity index (χ1) is 8.58. The summed E-state index contributed by atoms with van der Waals surface area (Å²) in [5.41, 5.74) is 6.47. The van der Waals surface area contributed by atoms with Crippen LogP contribution in [0.1, 0.15) is 10.4 Å². The van der Waals surface area contributed by atoms with E-state index in [4.69, 9.17) is 28.9 Å². The Hall–Kier alpha value is -1.85. The van der Waals surface area contributed by atoms with Gasteiger partial charge in [-0.1, -0.05) is 23.2 Å². The molecule has 2 rings (SSSR count). The Morgan fingerprint density at radius 1 is 1.28 bits per heavy atom. The largest absolute Gasteiger partial charge is 0.397 e. The monoisotopic (exact) mass is 282 g/mol. The number of rotatable bonds is 2. The lowest BCUT2D eigenvalue weighted by atomic mass is 10.2. The van der Waals surface area contributed by atoms with Crippen LogP contribution in [-0.2, 0) is 0 Å². The Balaban J connectivity index is 2.28. The second-order valence-electron chi connectivity index (χ2n) is 3.40. The molecule has 0 aliphatic rings. The van der Waals surface area contributed by atoms with Crippen molar-refractivity contribution in [3.8, 4) is 0 Å². The van der Waals surface area contributed by atoms with Gasteiger partial charge in [-0.05, 0) is 18.2 Å². The Labute approximate surface area is 113 Å². The summed E-state index contributed by atoms with van der Waals surface area (Å²) in [4.78, 5) is 19.6. The number of nitrogens with zero attached hydrogens (tertiary/aromatic N) is 2. The average Bonchev–Trinajstić information content (AvgIpc) is 2.35. The summed E-state index contributed by atoms with van der Waals surface area (Å²) in [6.07, 6.45) is 2.89. The van der Waals surface area contributed by atoms with Crippen molar-refractivity contribution in [2.75, 3.05) is 11.1 Å². The molecule has 18 heavy (non-hydrogen) atoms. The van der Waals surface area contributed by atoms with Crippen molar-refractivity contribution >= 4 is 40.5 Å². The third kappa shape index (κ3) is 2.69. The second kappa shape index (κ2) is 5.20. The molecule has 5 nitrogen and oxygen atoms in total. The van der Waals surface area contributed by atoms with Crippen LogP contribution in [0.4, 0.5) is 11.4 Å². The fourth-order valence-corrected chi connectivity index (χ4v) is 1.65. The standard InChI is InChI=1S/C11H8Cl2N4O/c12-9-7(4-6(14)5-16-9)11(18)17-8-2-1-3-15-10(8)13/h1-5H,14H2,(H,17,18). The molecule has 0 fully saturated rings. The van der Waals surface area contributed by atoms with Crippen molar-refractivity contribution in [2.24, 2.45) is 0 Å². The molecule has 0 unspecified atom stereocenters. The first kappa shape index (κ1) is 12.6. The summed E-state index contributed by atoms with van der Waals surface area (Å²) in [6, 6.07) is 4.72. The maximum absolute atomic E-state index is 12.0. The van der Waals surface area contributed by atoms with Gasteiger partial charge in [0.05, 0.1) is 23.1 Å². The molecule has 0 aliphatic carbocycles. The first-order valence-electron chi connectivity index (χ1n) is 4.91. The molecule has 0 radical (unpaired) electrons. The zero-order chi connectivity index (χ0) is 13.1. The van der Waals surface area contributed by atoms with Crippen molar-refractivity contribution in [3.05, 3.63) is 46.5 Å². The van der Waals surface area contributed by atoms with Crippen molar-refractivity contribution in [3.63, 3.8) is 0 Å². The van der Waals surface area contributed by atoms with Crippen molar-refractivity contribution < 1.29 is 4.79 Å². The lowest BCUT2D eigenvalue weighted by Gasteiger charge is -2.07. The topological polar surface area (TPSA) is 80.9 Å². The zero-order valence-electron chi connectivity index (χ0n) is 9.02. The molecule has 0 atom stereocenters. The smallest absolute Gasteiger partial charge is 0.258 e. The number of halogens is 2. The molecule has 0 aliphatic heterocycles. The molecule has 1 amide bonds. The van der Waals surface area contributed by atoms with Crippen LogP contribution in [0.5, 0.6) is 0 Å². The second-order valence-corrected chi connectivity index (χ2v) is 4.12. The summed E-state index contributed by atoms with van der Waals surface area (Å²) in [5, 5.41) is 2.85. The van der Waals surface area contributed by atoms with Crippen molar-refractivity contribution in [2.45, 2.75) is 0 Å². The molecule has 7 heteroatoms. The molecule has 0 bridgehead atoms. The highest BCUT2D eigenvalue weighted by Crippen LogP contribution is 2.21. The van der Waals surface area contributed by atoms with Crippen molar-refractivity contribution in [1.29, 1.82) is 0 Å². The molecule has 0 saturated heterocycles. The Bertz CT molecular complexity index is 603. The third-order valence-electron chi connectivity index (χ3n) is 2.11. The van der Waals surface area contributed by atoms with E-state index in [9.17, 15) is 4.79 Å². The minimum absolute atomic E-state index is 0.0710. The van der Waals surface area contributed by atoms with E-state index in [0.29, 0.717) is 11.4 Å². The predicted molar refractivity (Wildman–Crippen MR) is 70.9 cm³/mol. The van der Waals surface area contributed by atoms with E-state index in [-0.39, 0.29) is 15.9 Å². The molecule has 2 aromatic heterocycles. The van der Waals surface area contributed by atoms with Gasteiger partial charge >= 0.3 is 0 Å². The Morgan fingerprint density at radius 3 is 2.78 bits per heavy atom. The van der Waals surface area contributed by atoms with Gasteiger partial charge in [0.15, 0.2) is 5.15 Å². The lowest BCUT2D eigenvalue weighted by molar-refractivity contribution is 0.102. The quantitative estimate of drug-likeness (QED) is 0.830. The van der Waals surface area contributed by atoms with E-state index in [0.717, 1.165) is 0 Å². The van der Waals surface area contributed by atoms with Crippen LogP contribution in [-0.4, -0.2) is 15.9 Å². The summed E-state index contributed by atoms with van der Waals surface area (Å²) < 4.78 is 0. The molecule has 0 aromatic carbocycles. The molecule has 0 saturated carbocycles. The van der Waals surface area contributed by atoms with Gasteiger partial charge in [-0.25, -0.2) is 9.97 Å². The normalized spacial score (nSPS) is 10.1. The number of nitrogens with two attached hydrogens (primary N) is 1. The third-order valence-corrected chi connectivity index (χ3v) is 2.71. The van der Waals surface area contributed by atoms with E-state index < -0.39 is 5.91 Å². The number of nitrogens with one attached hydrogen (secondary N) is 1. The molecule has 2 heterocycles. The highest BCUT2D eigenvalue weighted by molar-refractivity contribution is 6.34. The number of hydrogen-bond donors (Lipinski definition) is 2. The highest BCUT2D eigenvalue weighted by Gasteiger charge is 2.13. The van der Waals surface area contributed by atoms with Gasteiger partial charge < -0.3 is 11.1 Å². The van der Waals surface area contributed by atoms with Crippen LogP contribution in [0.3, 0.4) is 0 Å². The molecular formula is C11H8Cl2N4O. The van der Waals surface area contributed by atoms with E-state index in [1.165, 1.54) is 18.5 Å². The average molecular weight is 283 g/mol. The maximum Gasteiger partial charge on any atom is 0.258 e. The summed E-state index contributed by atoms with van der Waals surface area (Å²) in [6.45, 7) is 0. The number of nitrogen functional groups attached to an aromatic ring is 1. The van der Waals surface area contributed by atoms with Gasteiger partial charge in [0.2, 0.25) is 0 Å². The fraction of sp³-hybridized carbons (Fsp3) is 0. The number of hydrogen-bond acceptors (Lipinski definition) is 4. The van der Waals surface area contributed by atoms with Crippen LogP contribution in [0, 0.1) is 0 Å². The van der Waals surface area contributed by atoms with Gasteiger partial charge in [0.25, 0.3) is 5.91 Å². The molecule has 2 aromatic rings. The summed E-state index contributed by atoms with van der Waals surface area (Å²) in [7, 11) is 0. The number of carbonyl (C=O) groups is 1. The number of amides is 1. The summed E-state index contributed by atoms with van der Waals surface area (Å²) in [5.74, 6) is -0.449. The summed E-state index contributed by atoms with van der Waals surface area (Å²) >= 11 is 11.6. The van der Waals surface area contributed by atoms with Gasteiger partial charge in [0.1, 0.15) is 5.15 Å². The Morgan fingerprint density at radius 2 is 2.06 bits per heavy atom. The maximum atomic E-state index is 12.0. The van der Waals surface area contributed by atoms with E-state index in [1.54, 1.807) is 12.1 Å². The molecule has 92 valence electrons. The minimum atomic E-state index is -0.449. The number of pyridine rings is 2. The molecular weight excluding hydrogens is 275 g/mol.